The summed E-state index contributed by atoms with van der Waals surface area (Å²) in [7, 11) is 0. The number of nitrogens with one attached hydrogen (secondary N) is 1. The van der Waals surface area contributed by atoms with E-state index >= 15 is 0 Å². The van der Waals surface area contributed by atoms with Crippen LogP contribution in [0.15, 0.2) is 30.3 Å². The van der Waals surface area contributed by atoms with Crippen molar-refractivity contribution in [1.82, 2.24) is 5.32 Å². The van der Waals surface area contributed by atoms with Gasteiger partial charge in [0, 0.05) is 11.6 Å². The Morgan fingerprint density at radius 3 is 2.50 bits per heavy atom. The number of carboxylic acid groups (broad SMARTS) is 1. The molecular formula is C14H18ClNO2. The third kappa shape index (κ3) is 4.90. The van der Waals surface area contributed by atoms with Crippen molar-refractivity contribution in [3.8, 4) is 0 Å². The Balaban J connectivity index is 2.45. The highest BCUT2D eigenvalue weighted by atomic mass is 35.5. The maximum absolute atomic E-state index is 10.9. The number of carbonyl (C=O) groups is 1. The average Bonchev–Trinajstić information content (AvgIpc) is 2.30. The van der Waals surface area contributed by atoms with Crippen LogP contribution in [0.25, 0.3) is 6.08 Å². The zero-order chi connectivity index (χ0) is 13.5. The highest BCUT2D eigenvalue weighted by molar-refractivity contribution is 6.30. The van der Waals surface area contributed by atoms with Crippen LogP contribution in [0.1, 0.15) is 19.4 Å². The Hall–Kier alpha value is -1.32. The van der Waals surface area contributed by atoms with Gasteiger partial charge in [-0.25, -0.2) is 0 Å². The van der Waals surface area contributed by atoms with E-state index in [0.717, 1.165) is 5.56 Å². The molecule has 2 N–H and O–H groups in total. The molecule has 3 nitrogen and oxygen atoms in total. The van der Waals surface area contributed by atoms with Gasteiger partial charge in [0.25, 0.3) is 0 Å². The minimum absolute atomic E-state index is 0.0615. The maximum atomic E-state index is 10.9. The molecule has 0 aliphatic carbocycles. The van der Waals surface area contributed by atoms with Gasteiger partial charge in [0.05, 0.1) is 0 Å². The topological polar surface area (TPSA) is 49.3 Å². The van der Waals surface area contributed by atoms with E-state index in [1.54, 1.807) is 0 Å². The minimum Gasteiger partial charge on any atom is -0.480 e. The van der Waals surface area contributed by atoms with Crippen LogP contribution in [0.4, 0.5) is 0 Å². The van der Waals surface area contributed by atoms with Crippen molar-refractivity contribution in [1.29, 1.82) is 0 Å². The normalized spacial score (nSPS) is 13.1. The maximum Gasteiger partial charge on any atom is 0.320 e. The number of aliphatic carboxylic acids is 1. The summed E-state index contributed by atoms with van der Waals surface area (Å²) in [4.78, 5) is 10.9. The van der Waals surface area contributed by atoms with Crippen molar-refractivity contribution >= 4 is 23.6 Å². The molecule has 18 heavy (non-hydrogen) atoms. The van der Waals surface area contributed by atoms with Crippen LogP contribution in [-0.2, 0) is 4.79 Å². The molecular weight excluding hydrogens is 250 g/mol. The van der Waals surface area contributed by atoms with Gasteiger partial charge in [-0.3, -0.25) is 4.79 Å². The van der Waals surface area contributed by atoms with E-state index in [9.17, 15) is 4.79 Å². The molecule has 0 fully saturated rings. The van der Waals surface area contributed by atoms with Crippen LogP contribution in [-0.4, -0.2) is 23.7 Å². The summed E-state index contributed by atoms with van der Waals surface area (Å²) in [6.07, 6.45) is 3.84. The van der Waals surface area contributed by atoms with Crippen LogP contribution < -0.4 is 5.32 Å². The summed E-state index contributed by atoms with van der Waals surface area (Å²) in [6, 6.07) is 6.96. The lowest BCUT2D eigenvalue weighted by molar-refractivity contribution is -0.140. The van der Waals surface area contributed by atoms with Crippen molar-refractivity contribution in [2.45, 2.75) is 19.9 Å². The van der Waals surface area contributed by atoms with E-state index in [1.165, 1.54) is 0 Å². The van der Waals surface area contributed by atoms with E-state index in [1.807, 2.05) is 50.3 Å². The summed E-state index contributed by atoms with van der Waals surface area (Å²) < 4.78 is 0. The first-order chi connectivity index (χ1) is 8.50. The first-order valence-electron chi connectivity index (χ1n) is 5.89. The highest BCUT2D eigenvalue weighted by Gasteiger charge is 2.19. The largest absolute Gasteiger partial charge is 0.480 e. The Morgan fingerprint density at radius 1 is 1.39 bits per heavy atom. The fraction of sp³-hybridized carbons (Fsp3) is 0.357. The lowest BCUT2D eigenvalue weighted by atomic mass is 10.1. The smallest absolute Gasteiger partial charge is 0.320 e. The van der Waals surface area contributed by atoms with Crippen LogP contribution >= 0.6 is 11.6 Å². The van der Waals surface area contributed by atoms with E-state index in [-0.39, 0.29) is 5.92 Å². The van der Waals surface area contributed by atoms with Gasteiger partial charge >= 0.3 is 5.97 Å². The van der Waals surface area contributed by atoms with Crippen LogP contribution in [0.3, 0.4) is 0 Å². The molecule has 0 saturated carbocycles. The highest BCUT2D eigenvalue weighted by Crippen LogP contribution is 2.10. The van der Waals surface area contributed by atoms with E-state index in [4.69, 9.17) is 16.7 Å². The van der Waals surface area contributed by atoms with Gasteiger partial charge in [-0.2, -0.15) is 0 Å². The van der Waals surface area contributed by atoms with Crippen molar-refractivity contribution in [2.75, 3.05) is 6.54 Å². The standard InChI is InChI=1S/C14H18ClNO2/c1-10(2)13(14(17)18)16-9-3-4-11-5-7-12(15)8-6-11/h3-8,10,13,16H,9H2,1-2H3,(H,17,18)/b4-3+. The predicted octanol–water partition coefficient (Wildman–Crippen LogP) is 3.05. The molecule has 4 heteroatoms. The summed E-state index contributed by atoms with van der Waals surface area (Å²) in [6.45, 7) is 4.29. The molecule has 1 aromatic carbocycles. The number of hydrogen-bond donors (Lipinski definition) is 2. The molecule has 1 rings (SSSR count). The summed E-state index contributed by atoms with van der Waals surface area (Å²) in [5.41, 5.74) is 1.04. The van der Waals surface area contributed by atoms with E-state index in [2.05, 4.69) is 5.32 Å². The number of hydrogen-bond acceptors (Lipinski definition) is 2. The quantitative estimate of drug-likeness (QED) is 0.833. The van der Waals surface area contributed by atoms with Gasteiger partial charge in [-0.1, -0.05) is 49.7 Å². The average molecular weight is 268 g/mol. The lowest BCUT2D eigenvalue weighted by Gasteiger charge is -2.16. The number of carboxylic acids is 1. The van der Waals surface area contributed by atoms with Gasteiger partial charge in [-0.15, -0.1) is 0 Å². The fourth-order valence-electron chi connectivity index (χ4n) is 1.57. The van der Waals surface area contributed by atoms with E-state index < -0.39 is 12.0 Å². The van der Waals surface area contributed by atoms with E-state index in [0.29, 0.717) is 11.6 Å². The van der Waals surface area contributed by atoms with Crippen molar-refractivity contribution in [3.63, 3.8) is 0 Å². The van der Waals surface area contributed by atoms with Gasteiger partial charge in [0.2, 0.25) is 0 Å². The molecule has 0 heterocycles. The molecule has 0 saturated heterocycles. The zero-order valence-corrected chi connectivity index (χ0v) is 11.3. The van der Waals surface area contributed by atoms with Crippen LogP contribution in [0, 0.1) is 5.92 Å². The number of halogens is 1. The minimum atomic E-state index is -0.815. The Kier molecular flexibility index (Phi) is 5.89. The molecule has 98 valence electrons. The monoisotopic (exact) mass is 267 g/mol. The first-order valence-corrected chi connectivity index (χ1v) is 6.27. The molecule has 0 aliphatic rings. The third-order valence-corrected chi connectivity index (χ3v) is 2.82. The number of benzene rings is 1. The summed E-state index contributed by atoms with van der Waals surface area (Å²) >= 11 is 5.78. The van der Waals surface area contributed by atoms with Crippen molar-refractivity contribution < 1.29 is 9.90 Å². The third-order valence-electron chi connectivity index (χ3n) is 2.57. The Morgan fingerprint density at radius 2 is 2.00 bits per heavy atom. The van der Waals surface area contributed by atoms with Gasteiger partial charge < -0.3 is 10.4 Å². The molecule has 0 bridgehead atoms. The second-order valence-corrected chi connectivity index (χ2v) is 4.86. The molecule has 0 spiro atoms. The molecule has 0 aliphatic heterocycles. The molecule has 1 unspecified atom stereocenters. The molecule has 0 aromatic heterocycles. The first kappa shape index (κ1) is 14.7. The fourth-order valence-corrected chi connectivity index (χ4v) is 1.70. The van der Waals surface area contributed by atoms with Crippen LogP contribution in [0.5, 0.6) is 0 Å². The second kappa shape index (κ2) is 7.19. The van der Waals surface area contributed by atoms with Crippen molar-refractivity contribution in [3.05, 3.63) is 40.9 Å². The van der Waals surface area contributed by atoms with Crippen LogP contribution in [0.2, 0.25) is 5.02 Å². The molecule has 1 aromatic rings. The molecule has 0 amide bonds. The molecule has 1 atom stereocenters. The van der Waals surface area contributed by atoms with Gasteiger partial charge in [0.1, 0.15) is 6.04 Å². The Labute approximate surface area is 112 Å². The van der Waals surface area contributed by atoms with Gasteiger partial charge in [-0.05, 0) is 23.6 Å². The van der Waals surface area contributed by atoms with Crippen molar-refractivity contribution in [2.24, 2.45) is 5.92 Å². The lowest BCUT2D eigenvalue weighted by Crippen LogP contribution is -2.40. The second-order valence-electron chi connectivity index (χ2n) is 4.42. The SMILES string of the molecule is CC(C)C(NC/C=C/c1ccc(Cl)cc1)C(=O)O. The zero-order valence-electron chi connectivity index (χ0n) is 10.6. The molecule has 0 radical (unpaired) electrons. The number of rotatable bonds is 6. The van der Waals surface area contributed by atoms with Gasteiger partial charge in [0.15, 0.2) is 0 Å². The Bertz CT molecular complexity index is 412. The summed E-state index contributed by atoms with van der Waals surface area (Å²) in [5.74, 6) is -0.753. The summed E-state index contributed by atoms with van der Waals surface area (Å²) in [5, 5.41) is 12.7. The predicted molar refractivity (Wildman–Crippen MR) is 74.8 cm³/mol.